The summed E-state index contributed by atoms with van der Waals surface area (Å²) in [6, 6.07) is 6.47. The topological polar surface area (TPSA) is 33.2 Å². The predicted octanol–water partition coefficient (Wildman–Crippen LogP) is 2.09. The van der Waals surface area contributed by atoms with E-state index in [0.29, 0.717) is 17.8 Å². The third kappa shape index (κ3) is 1.42. The van der Waals surface area contributed by atoms with Crippen molar-refractivity contribution in [2.45, 2.75) is 38.3 Å². The van der Waals surface area contributed by atoms with Crippen LogP contribution in [0.15, 0.2) is 24.4 Å². The number of pyridine rings is 1. The van der Waals surface area contributed by atoms with E-state index in [9.17, 15) is 4.79 Å². The van der Waals surface area contributed by atoms with E-state index in [0.717, 1.165) is 18.8 Å². The number of piperidine rings is 1. The van der Waals surface area contributed by atoms with Gasteiger partial charge in [0.1, 0.15) is 5.69 Å². The van der Waals surface area contributed by atoms with Gasteiger partial charge in [-0.1, -0.05) is 13.0 Å². The maximum atomic E-state index is 12.2. The molecule has 4 rings (SSSR count). The number of nitrogens with zero attached hydrogens (tertiary/aromatic N) is 2. The number of hydrogen-bond donors (Lipinski definition) is 0. The van der Waals surface area contributed by atoms with Crippen LogP contribution in [0.1, 0.15) is 36.7 Å². The van der Waals surface area contributed by atoms with Gasteiger partial charge in [-0.25, -0.2) is 0 Å². The minimum absolute atomic E-state index is 0.119. The number of hydrogen-bond acceptors (Lipinski definition) is 2. The van der Waals surface area contributed by atoms with Gasteiger partial charge in [-0.3, -0.25) is 9.78 Å². The van der Waals surface area contributed by atoms with Crippen LogP contribution in [0.25, 0.3) is 0 Å². The van der Waals surface area contributed by atoms with E-state index in [-0.39, 0.29) is 5.91 Å². The van der Waals surface area contributed by atoms with Crippen molar-refractivity contribution in [2.75, 3.05) is 0 Å². The van der Waals surface area contributed by atoms with E-state index < -0.39 is 0 Å². The first-order valence-electron chi connectivity index (χ1n) is 5.99. The SMILES string of the molecule is CC1CC2C[C@H](C1)N2C(=O)c1ccccn1. The summed E-state index contributed by atoms with van der Waals surface area (Å²) in [7, 11) is 0. The van der Waals surface area contributed by atoms with Crippen LogP contribution in [0.2, 0.25) is 0 Å². The highest BCUT2D eigenvalue weighted by molar-refractivity contribution is 5.93. The number of fused-ring (bicyclic) bond motifs is 2. The Morgan fingerprint density at radius 1 is 1.31 bits per heavy atom. The molecule has 3 aliphatic rings. The van der Waals surface area contributed by atoms with Gasteiger partial charge in [-0.05, 0) is 37.3 Å². The Labute approximate surface area is 95.5 Å². The Balaban J connectivity index is 1.78. The van der Waals surface area contributed by atoms with Gasteiger partial charge in [0.15, 0.2) is 0 Å². The Morgan fingerprint density at radius 3 is 2.69 bits per heavy atom. The fourth-order valence-electron chi connectivity index (χ4n) is 3.10. The van der Waals surface area contributed by atoms with Crippen molar-refractivity contribution in [3.8, 4) is 0 Å². The number of carbonyl (C=O) groups is 1. The van der Waals surface area contributed by atoms with E-state index in [1.54, 1.807) is 12.3 Å². The molecule has 3 heterocycles. The zero-order chi connectivity index (χ0) is 11.1. The lowest BCUT2D eigenvalue weighted by Gasteiger charge is -2.54. The molecule has 3 fully saturated rings. The second-order valence-electron chi connectivity index (χ2n) is 5.05. The van der Waals surface area contributed by atoms with Gasteiger partial charge in [0, 0.05) is 18.3 Å². The molecule has 16 heavy (non-hydrogen) atoms. The molecule has 84 valence electrons. The summed E-state index contributed by atoms with van der Waals surface area (Å²) in [4.78, 5) is 18.4. The zero-order valence-electron chi connectivity index (χ0n) is 9.47. The molecule has 0 N–H and O–H groups in total. The lowest BCUT2D eigenvalue weighted by Crippen LogP contribution is -2.62. The molecule has 3 heteroatoms. The first-order valence-corrected chi connectivity index (χ1v) is 5.99. The smallest absolute Gasteiger partial charge is 0.272 e. The lowest BCUT2D eigenvalue weighted by atomic mass is 9.74. The molecule has 1 aromatic heterocycles. The van der Waals surface area contributed by atoms with Gasteiger partial charge in [0.2, 0.25) is 0 Å². The molecule has 2 saturated heterocycles. The minimum Gasteiger partial charge on any atom is -0.331 e. The van der Waals surface area contributed by atoms with Crippen molar-refractivity contribution in [1.29, 1.82) is 0 Å². The van der Waals surface area contributed by atoms with Crippen molar-refractivity contribution >= 4 is 5.91 Å². The summed E-state index contributed by atoms with van der Waals surface area (Å²) in [5, 5.41) is 0. The molecule has 1 aliphatic carbocycles. The van der Waals surface area contributed by atoms with Crippen molar-refractivity contribution in [3.05, 3.63) is 30.1 Å². The normalized spacial score (nSPS) is 32.1. The summed E-state index contributed by atoms with van der Waals surface area (Å²) < 4.78 is 0. The largest absolute Gasteiger partial charge is 0.331 e. The quantitative estimate of drug-likeness (QED) is 0.720. The molecule has 0 aromatic carbocycles. The Morgan fingerprint density at radius 2 is 2.06 bits per heavy atom. The second-order valence-corrected chi connectivity index (χ2v) is 5.05. The number of aromatic nitrogens is 1. The Bertz CT molecular complexity index is 392. The van der Waals surface area contributed by atoms with Crippen molar-refractivity contribution in [3.63, 3.8) is 0 Å². The molecule has 2 bridgehead atoms. The summed E-state index contributed by atoms with van der Waals surface area (Å²) in [6.07, 6.45) is 5.21. The standard InChI is InChI=1S/C13H16N2O/c1-9-6-10-8-11(7-9)15(10)13(16)12-4-2-3-5-14-12/h2-5,9-11H,6-8H2,1H3/t9?,10-,11?/m0/s1. The zero-order valence-corrected chi connectivity index (χ0v) is 9.47. The molecule has 3 nitrogen and oxygen atoms in total. The van der Waals surface area contributed by atoms with Crippen molar-refractivity contribution < 1.29 is 4.79 Å². The van der Waals surface area contributed by atoms with Crippen LogP contribution in [0.4, 0.5) is 0 Å². The van der Waals surface area contributed by atoms with Crippen molar-refractivity contribution in [1.82, 2.24) is 9.88 Å². The predicted molar refractivity (Wildman–Crippen MR) is 61.0 cm³/mol. The van der Waals surface area contributed by atoms with Crippen LogP contribution >= 0.6 is 0 Å². The van der Waals surface area contributed by atoms with Gasteiger partial charge >= 0.3 is 0 Å². The van der Waals surface area contributed by atoms with E-state index in [2.05, 4.69) is 11.9 Å². The highest BCUT2D eigenvalue weighted by Crippen LogP contribution is 2.41. The minimum atomic E-state index is 0.119. The van der Waals surface area contributed by atoms with Crippen LogP contribution in [-0.4, -0.2) is 27.9 Å². The second kappa shape index (κ2) is 3.58. The summed E-state index contributed by atoms with van der Waals surface area (Å²) in [5.74, 6) is 0.894. The van der Waals surface area contributed by atoms with Gasteiger partial charge in [0.25, 0.3) is 5.91 Å². The molecule has 2 unspecified atom stereocenters. The monoisotopic (exact) mass is 216 g/mol. The highest BCUT2D eigenvalue weighted by atomic mass is 16.2. The third-order valence-electron chi connectivity index (χ3n) is 3.80. The first kappa shape index (κ1) is 9.82. The maximum absolute atomic E-state index is 12.2. The summed E-state index contributed by atoms with van der Waals surface area (Å²) in [6.45, 7) is 2.28. The van der Waals surface area contributed by atoms with Gasteiger partial charge < -0.3 is 4.90 Å². The van der Waals surface area contributed by atoms with Crippen LogP contribution in [0.5, 0.6) is 0 Å². The van der Waals surface area contributed by atoms with Gasteiger partial charge in [-0.15, -0.1) is 0 Å². The van der Waals surface area contributed by atoms with E-state index >= 15 is 0 Å². The molecule has 0 radical (unpaired) electrons. The summed E-state index contributed by atoms with van der Waals surface area (Å²) >= 11 is 0. The fraction of sp³-hybridized carbons (Fsp3) is 0.538. The average molecular weight is 216 g/mol. The molecular formula is C13H16N2O. The van der Waals surface area contributed by atoms with Gasteiger partial charge in [-0.2, -0.15) is 0 Å². The lowest BCUT2D eigenvalue weighted by molar-refractivity contribution is -0.0284. The first-order chi connectivity index (χ1) is 7.75. The average Bonchev–Trinajstić information content (AvgIpc) is 2.29. The maximum Gasteiger partial charge on any atom is 0.272 e. The molecule has 2 aliphatic heterocycles. The van der Waals surface area contributed by atoms with Crippen molar-refractivity contribution in [2.24, 2.45) is 5.92 Å². The van der Waals surface area contributed by atoms with E-state index in [4.69, 9.17) is 0 Å². The van der Waals surface area contributed by atoms with Crippen LogP contribution < -0.4 is 0 Å². The summed E-state index contributed by atoms with van der Waals surface area (Å²) in [5.41, 5.74) is 0.590. The Kier molecular flexibility index (Phi) is 2.20. The van der Waals surface area contributed by atoms with E-state index in [1.165, 1.54) is 6.42 Å². The van der Waals surface area contributed by atoms with Gasteiger partial charge in [0.05, 0.1) is 0 Å². The molecule has 3 atom stereocenters. The molecule has 0 spiro atoms. The van der Waals surface area contributed by atoms with Crippen LogP contribution in [0, 0.1) is 5.92 Å². The number of rotatable bonds is 1. The Hall–Kier alpha value is -1.38. The molecular weight excluding hydrogens is 200 g/mol. The highest BCUT2D eigenvalue weighted by Gasteiger charge is 2.46. The molecule has 1 saturated carbocycles. The van der Waals surface area contributed by atoms with E-state index in [1.807, 2.05) is 17.0 Å². The third-order valence-corrected chi connectivity index (χ3v) is 3.80. The number of amides is 1. The van der Waals surface area contributed by atoms with Crippen LogP contribution in [0.3, 0.4) is 0 Å². The van der Waals surface area contributed by atoms with Crippen LogP contribution in [-0.2, 0) is 0 Å². The number of carbonyl (C=O) groups excluding carboxylic acids is 1. The molecule has 1 aromatic rings. The fourth-order valence-corrected chi connectivity index (χ4v) is 3.10. The molecule has 1 amide bonds.